The molecule has 0 saturated carbocycles. The fourth-order valence-corrected chi connectivity index (χ4v) is 2.02. The average Bonchev–Trinajstić information content (AvgIpc) is 2.52. The largest absolute Gasteiger partial charge is 0.316 e. The molecule has 0 radical (unpaired) electrons. The van der Waals surface area contributed by atoms with Crippen LogP contribution >= 0.6 is 0 Å². The highest BCUT2D eigenvalue weighted by molar-refractivity contribution is 5.06. The van der Waals surface area contributed by atoms with Gasteiger partial charge >= 0.3 is 0 Å². The number of aromatic nitrogens is 3. The van der Waals surface area contributed by atoms with Crippen LogP contribution in [-0.2, 0) is 7.05 Å². The van der Waals surface area contributed by atoms with E-state index in [0.29, 0.717) is 5.92 Å². The number of hydrogen-bond acceptors (Lipinski definition) is 3. The van der Waals surface area contributed by atoms with Gasteiger partial charge in [0.25, 0.3) is 0 Å². The van der Waals surface area contributed by atoms with Gasteiger partial charge in [0.15, 0.2) is 0 Å². The first-order valence-corrected chi connectivity index (χ1v) is 4.84. The van der Waals surface area contributed by atoms with Gasteiger partial charge in [0, 0.05) is 19.5 Å². The molecule has 1 aliphatic rings. The maximum absolute atomic E-state index is 3.97. The van der Waals surface area contributed by atoms with Crippen LogP contribution in [0.5, 0.6) is 0 Å². The van der Waals surface area contributed by atoms with E-state index in [1.54, 1.807) is 0 Å². The Balaban J connectivity index is 2.19. The third kappa shape index (κ3) is 1.58. The zero-order valence-corrected chi connectivity index (χ0v) is 8.20. The second-order valence-corrected chi connectivity index (χ2v) is 3.86. The van der Waals surface area contributed by atoms with Gasteiger partial charge in [-0.2, -0.15) is 0 Å². The van der Waals surface area contributed by atoms with Crippen LogP contribution in [-0.4, -0.2) is 28.1 Å². The molecule has 0 bridgehead atoms. The molecule has 13 heavy (non-hydrogen) atoms. The van der Waals surface area contributed by atoms with Crippen molar-refractivity contribution in [3.63, 3.8) is 0 Å². The predicted octanol–water partition coefficient (Wildman–Crippen LogP) is 0.528. The lowest BCUT2D eigenvalue weighted by molar-refractivity contribution is 0.335. The van der Waals surface area contributed by atoms with Crippen LogP contribution in [0.1, 0.15) is 25.0 Å². The van der Waals surface area contributed by atoms with Gasteiger partial charge < -0.3 is 5.32 Å². The minimum Gasteiger partial charge on any atom is -0.316 e. The lowest BCUT2D eigenvalue weighted by atomic mass is 9.86. The van der Waals surface area contributed by atoms with E-state index in [0.717, 1.165) is 19.0 Å². The Morgan fingerprint density at radius 2 is 2.46 bits per heavy atom. The second-order valence-electron chi connectivity index (χ2n) is 3.86. The molecule has 4 heteroatoms. The van der Waals surface area contributed by atoms with Gasteiger partial charge in [-0.3, -0.25) is 4.68 Å². The molecule has 1 aromatic rings. The number of nitrogens with one attached hydrogen (secondary N) is 1. The molecule has 4 nitrogen and oxygen atoms in total. The van der Waals surface area contributed by atoms with Crippen molar-refractivity contribution in [1.82, 2.24) is 20.3 Å². The smallest absolute Gasteiger partial charge is 0.0728 e. The Morgan fingerprint density at radius 1 is 1.62 bits per heavy atom. The van der Waals surface area contributed by atoms with Gasteiger partial charge in [-0.1, -0.05) is 12.1 Å². The van der Waals surface area contributed by atoms with Crippen molar-refractivity contribution in [3.8, 4) is 0 Å². The summed E-state index contributed by atoms with van der Waals surface area (Å²) in [5.41, 5.74) is 1.25. The van der Waals surface area contributed by atoms with Crippen LogP contribution in [0, 0.1) is 5.92 Å². The molecule has 1 fully saturated rings. The summed E-state index contributed by atoms with van der Waals surface area (Å²) < 4.78 is 1.88. The maximum Gasteiger partial charge on any atom is 0.0728 e. The summed E-state index contributed by atoms with van der Waals surface area (Å²) in [6.07, 6.45) is 3.13. The summed E-state index contributed by atoms with van der Waals surface area (Å²) in [6.45, 7) is 4.50. The predicted molar refractivity (Wildman–Crippen MR) is 50.4 cm³/mol. The van der Waals surface area contributed by atoms with E-state index in [1.165, 1.54) is 12.1 Å². The monoisotopic (exact) mass is 180 g/mol. The molecule has 1 aliphatic heterocycles. The Labute approximate surface area is 78.3 Å². The molecule has 1 aromatic heterocycles. The summed E-state index contributed by atoms with van der Waals surface area (Å²) in [7, 11) is 1.96. The molecule has 2 heterocycles. The average molecular weight is 180 g/mol. The minimum atomic E-state index is 0.578. The molecule has 2 rings (SSSR count). The van der Waals surface area contributed by atoms with Crippen molar-refractivity contribution in [1.29, 1.82) is 0 Å². The quantitative estimate of drug-likeness (QED) is 0.685. The van der Waals surface area contributed by atoms with Crippen molar-refractivity contribution in [2.75, 3.05) is 13.1 Å². The highest BCUT2D eigenvalue weighted by Gasteiger charge is 2.25. The fourth-order valence-electron chi connectivity index (χ4n) is 2.02. The zero-order chi connectivity index (χ0) is 9.26. The fraction of sp³-hybridized carbons (Fsp3) is 0.778. The first-order valence-electron chi connectivity index (χ1n) is 4.84. The first-order chi connectivity index (χ1) is 6.29. The Hall–Kier alpha value is -0.900. The van der Waals surface area contributed by atoms with Crippen LogP contribution in [0.2, 0.25) is 0 Å². The van der Waals surface area contributed by atoms with E-state index < -0.39 is 0 Å². The van der Waals surface area contributed by atoms with Gasteiger partial charge in [-0.05, 0) is 18.9 Å². The molecule has 2 atom stereocenters. The molecular formula is C9H16N4. The van der Waals surface area contributed by atoms with Crippen molar-refractivity contribution in [2.24, 2.45) is 13.0 Å². The lowest BCUT2D eigenvalue weighted by Gasteiger charge is -2.28. The first kappa shape index (κ1) is 8.69. The number of hydrogen-bond donors (Lipinski definition) is 1. The number of nitrogens with zero attached hydrogens (tertiary/aromatic N) is 3. The number of rotatable bonds is 1. The van der Waals surface area contributed by atoms with Crippen molar-refractivity contribution in [3.05, 3.63) is 11.9 Å². The van der Waals surface area contributed by atoms with E-state index in [4.69, 9.17) is 0 Å². The van der Waals surface area contributed by atoms with Gasteiger partial charge in [0.05, 0.1) is 11.9 Å². The summed E-state index contributed by atoms with van der Waals surface area (Å²) in [4.78, 5) is 0. The van der Waals surface area contributed by atoms with Crippen molar-refractivity contribution in [2.45, 2.75) is 19.3 Å². The van der Waals surface area contributed by atoms with Crippen LogP contribution in [0.15, 0.2) is 6.20 Å². The van der Waals surface area contributed by atoms with Gasteiger partial charge in [0.2, 0.25) is 0 Å². The summed E-state index contributed by atoms with van der Waals surface area (Å²) in [6, 6.07) is 0. The van der Waals surface area contributed by atoms with E-state index in [1.807, 2.05) is 17.9 Å². The van der Waals surface area contributed by atoms with Gasteiger partial charge in [0.1, 0.15) is 0 Å². The van der Waals surface area contributed by atoms with E-state index >= 15 is 0 Å². The number of aryl methyl sites for hydroxylation is 1. The summed E-state index contributed by atoms with van der Waals surface area (Å²) >= 11 is 0. The molecule has 2 unspecified atom stereocenters. The number of piperidine rings is 1. The molecule has 1 saturated heterocycles. The van der Waals surface area contributed by atoms with E-state index in [2.05, 4.69) is 22.6 Å². The highest BCUT2D eigenvalue weighted by Crippen LogP contribution is 2.27. The second kappa shape index (κ2) is 3.46. The minimum absolute atomic E-state index is 0.578. The molecule has 0 aliphatic carbocycles. The van der Waals surface area contributed by atoms with E-state index in [9.17, 15) is 0 Å². The van der Waals surface area contributed by atoms with Crippen LogP contribution in [0.3, 0.4) is 0 Å². The Morgan fingerprint density at radius 3 is 3.08 bits per heavy atom. The third-order valence-corrected chi connectivity index (χ3v) is 2.96. The molecule has 72 valence electrons. The van der Waals surface area contributed by atoms with E-state index in [-0.39, 0.29) is 0 Å². The maximum atomic E-state index is 3.97. The van der Waals surface area contributed by atoms with Gasteiger partial charge in [-0.25, -0.2) is 0 Å². The SMILES string of the molecule is CC1CCNCC1c1cnnn1C. The topological polar surface area (TPSA) is 42.7 Å². The van der Waals surface area contributed by atoms with Gasteiger partial charge in [-0.15, -0.1) is 5.10 Å². The van der Waals surface area contributed by atoms with Crippen molar-refractivity contribution >= 4 is 0 Å². The van der Waals surface area contributed by atoms with Crippen LogP contribution < -0.4 is 5.32 Å². The summed E-state index contributed by atoms with van der Waals surface area (Å²) in [5.74, 6) is 1.31. The highest BCUT2D eigenvalue weighted by atomic mass is 15.4. The zero-order valence-electron chi connectivity index (χ0n) is 8.20. The Bertz CT molecular complexity index is 281. The molecule has 0 amide bonds. The summed E-state index contributed by atoms with van der Waals surface area (Å²) in [5, 5.41) is 11.3. The third-order valence-electron chi connectivity index (χ3n) is 2.96. The molecule has 1 N–H and O–H groups in total. The van der Waals surface area contributed by atoms with Crippen LogP contribution in [0.25, 0.3) is 0 Å². The van der Waals surface area contributed by atoms with Crippen LogP contribution in [0.4, 0.5) is 0 Å². The normalized spacial score (nSPS) is 29.1. The molecular weight excluding hydrogens is 164 g/mol. The lowest BCUT2D eigenvalue weighted by Crippen LogP contribution is -2.34. The molecule has 0 spiro atoms. The molecule has 0 aromatic carbocycles. The standard InChI is InChI=1S/C9H16N4/c1-7-3-4-10-5-8(7)9-6-11-12-13(9)2/h6-8,10H,3-5H2,1-2H3. The Kier molecular flexibility index (Phi) is 2.31. The van der Waals surface area contributed by atoms with Crippen molar-refractivity contribution < 1.29 is 0 Å².